The smallest absolute Gasteiger partial charge is 0.272 e. The van der Waals surface area contributed by atoms with Crippen molar-refractivity contribution in [1.29, 1.82) is 0 Å². The molecule has 2 heterocycles. The second kappa shape index (κ2) is 6.45. The van der Waals surface area contributed by atoms with Gasteiger partial charge in [-0.15, -0.1) is 0 Å². The highest BCUT2D eigenvalue weighted by Gasteiger charge is 2.15. The number of ether oxygens (including phenoxy) is 2. The summed E-state index contributed by atoms with van der Waals surface area (Å²) in [6, 6.07) is 5.24. The fraction of sp³-hybridized carbons (Fsp3) is 0.0714. The molecule has 6 nitrogen and oxygen atoms in total. The van der Waals surface area contributed by atoms with Gasteiger partial charge in [0.1, 0.15) is 0 Å². The number of nitrogens with one attached hydrogen (secondary N) is 1. The van der Waals surface area contributed by atoms with Gasteiger partial charge in [0, 0.05) is 26.9 Å². The molecule has 2 aromatic rings. The third-order valence-corrected chi connectivity index (χ3v) is 3.95. The molecular weight excluding hydrogens is 418 g/mol. The summed E-state index contributed by atoms with van der Waals surface area (Å²) >= 11 is 6.68. The van der Waals surface area contributed by atoms with Crippen LogP contribution in [0.15, 0.2) is 44.6 Å². The number of halogens is 2. The van der Waals surface area contributed by atoms with Crippen LogP contribution in [0.2, 0.25) is 0 Å². The van der Waals surface area contributed by atoms with Gasteiger partial charge in [-0.1, -0.05) is 0 Å². The molecule has 0 fully saturated rings. The molecule has 0 atom stereocenters. The second-order valence-corrected chi connectivity index (χ2v) is 6.09. The molecule has 22 heavy (non-hydrogen) atoms. The van der Waals surface area contributed by atoms with Gasteiger partial charge in [0.15, 0.2) is 11.5 Å². The Morgan fingerprint density at radius 2 is 2.00 bits per heavy atom. The van der Waals surface area contributed by atoms with Crippen molar-refractivity contribution in [3.05, 3.63) is 50.7 Å². The van der Waals surface area contributed by atoms with Crippen LogP contribution in [0.4, 0.5) is 0 Å². The minimum atomic E-state index is -0.345. The van der Waals surface area contributed by atoms with E-state index in [1.807, 2.05) is 0 Å². The monoisotopic (exact) mass is 425 g/mol. The summed E-state index contributed by atoms with van der Waals surface area (Å²) in [5.41, 5.74) is 3.62. The maximum atomic E-state index is 11.9. The summed E-state index contributed by atoms with van der Waals surface area (Å²) in [6.45, 7) is 0.203. The van der Waals surface area contributed by atoms with Gasteiger partial charge in [-0.3, -0.25) is 9.78 Å². The largest absolute Gasteiger partial charge is 0.454 e. The number of carbonyl (C=O) groups is 1. The molecule has 0 unspecified atom stereocenters. The molecule has 0 saturated heterocycles. The van der Waals surface area contributed by atoms with Gasteiger partial charge < -0.3 is 9.47 Å². The van der Waals surface area contributed by atoms with Gasteiger partial charge in [0.2, 0.25) is 6.79 Å². The molecule has 1 aliphatic heterocycles. The normalized spacial score (nSPS) is 12.6. The van der Waals surface area contributed by atoms with E-state index < -0.39 is 0 Å². The van der Waals surface area contributed by atoms with E-state index in [0.29, 0.717) is 17.1 Å². The van der Waals surface area contributed by atoms with Crippen molar-refractivity contribution >= 4 is 44.0 Å². The lowest BCUT2D eigenvalue weighted by Gasteiger charge is -2.02. The van der Waals surface area contributed by atoms with Crippen molar-refractivity contribution in [2.75, 3.05) is 6.79 Å². The topological polar surface area (TPSA) is 72.8 Å². The highest BCUT2D eigenvalue weighted by Crippen LogP contribution is 2.36. The lowest BCUT2D eigenvalue weighted by atomic mass is 10.2. The fourth-order valence-electron chi connectivity index (χ4n) is 1.79. The number of pyridine rings is 1. The van der Waals surface area contributed by atoms with Gasteiger partial charge in [-0.2, -0.15) is 5.10 Å². The highest BCUT2D eigenvalue weighted by atomic mass is 79.9. The Labute approximate surface area is 142 Å². The Balaban J connectivity index is 1.71. The van der Waals surface area contributed by atoms with Crippen LogP contribution in [0.3, 0.4) is 0 Å². The number of aromatic nitrogens is 1. The first-order valence-electron chi connectivity index (χ1n) is 6.16. The molecule has 1 aliphatic rings. The summed E-state index contributed by atoms with van der Waals surface area (Å²) in [4.78, 5) is 15.8. The molecule has 0 radical (unpaired) electrons. The minimum Gasteiger partial charge on any atom is -0.454 e. The first-order chi connectivity index (χ1) is 10.6. The Morgan fingerprint density at radius 1 is 1.23 bits per heavy atom. The van der Waals surface area contributed by atoms with Crippen LogP contribution in [0, 0.1) is 0 Å². The lowest BCUT2D eigenvalue weighted by molar-refractivity contribution is 0.0954. The molecule has 1 aromatic heterocycles. The number of hydrogen-bond acceptors (Lipinski definition) is 5. The standard InChI is InChI=1S/C14H9Br2N3O3/c15-10-1-9(4-17-6-10)14(20)19-18-5-8-2-12-13(3-11(8)16)22-7-21-12/h1-6H,7H2,(H,19,20). The fourth-order valence-corrected chi connectivity index (χ4v) is 2.58. The number of carbonyl (C=O) groups excluding carboxylic acids is 1. The molecule has 8 heteroatoms. The molecule has 1 amide bonds. The van der Waals surface area contributed by atoms with Crippen molar-refractivity contribution in [3.8, 4) is 11.5 Å². The van der Waals surface area contributed by atoms with Gasteiger partial charge in [0.05, 0.1) is 11.8 Å². The zero-order valence-corrected chi connectivity index (χ0v) is 14.2. The third-order valence-electron chi connectivity index (χ3n) is 2.83. The Bertz CT molecular complexity index is 765. The Hall–Kier alpha value is -1.93. The Kier molecular flexibility index (Phi) is 4.39. The van der Waals surface area contributed by atoms with E-state index in [1.165, 1.54) is 12.4 Å². The SMILES string of the molecule is O=C(NN=Cc1cc2c(cc1Br)OCO2)c1cncc(Br)c1. The van der Waals surface area contributed by atoms with E-state index in [2.05, 4.69) is 47.4 Å². The molecular formula is C14H9Br2N3O3. The van der Waals surface area contributed by atoms with Crippen LogP contribution in [0.1, 0.15) is 15.9 Å². The maximum Gasteiger partial charge on any atom is 0.272 e. The molecule has 1 aromatic carbocycles. The predicted octanol–water partition coefficient (Wildman–Crippen LogP) is 3.10. The number of fused-ring (bicyclic) bond motifs is 1. The van der Waals surface area contributed by atoms with E-state index in [0.717, 1.165) is 14.5 Å². The Morgan fingerprint density at radius 3 is 2.77 bits per heavy atom. The third kappa shape index (κ3) is 3.28. The number of amides is 1. The minimum absolute atomic E-state index is 0.203. The molecule has 112 valence electrons. The highest BCUT2D eigenvalue weighted by molar-refractivity contribution is 9.10. The zero-order valence-electron chi connectivity index (χ0n) is 11.0. The summed E-state index contributed by atoms with van der Waals surface area (Å²) < 4.78 is 12.1. The van der Waals surface area contributed by atoms with Crippen molar-refractivity contribution in [2.45, 2.75) is 0 Å². The van der Waals surface area contributed by atoms with E-state index in [4.69, 9.17) is 9.47 Å². The summed E-state index contributed by atoms with van der Waals surface area (Å²) in [6.07, 6.45) is 4.59. The number of benzene rings is 1. The summed E-state index contributed by atoms with van der Waals surface area (Å²) in [5, 5.41) is 3.94. The van der Waals surface area contributed by atoms with Gasteiger partial charge >= 0.3 is 0 Å². The summed E-state index contributed by atoms with van der Waals surface area (Å²) in [5.74, 6) is 0.974. The van der Waals surface area contributed by atoms with E-state index >= 15 is 0 Å². The van der Waals surface area contributed by atoms with Crippen molar-refractivity contribution < 1.29 is 14.3 Å². The average molecular weight is 427 g/mol. The van der Waals surface area contributed by atoms with E-state index in [-0.39, 0.29) is 12.7 Å². The van der Waals surface area contributed by atoms with Crippen LogP contribution in [0.5, 0.6) is 11.5 Å². The molecule has 1 N–H and O–H groups in total. The molecule has 0 spiro atoms. The van der Waals surface area contributed by atoms with E-state index in [1.54, 1.807) is 24.4 Å². The van der Waals surface area contributed by atoms with Crippen LogP contribution >= 0.6 is 31.9 Å². The average Bonchev–Trinajstić information content (AvgIpc) is 2.94. The summed E-state index contributed by atoms with van der Waals surface area (Å²) in [7, 11) is 0. The van der Waals surface area contributed by atoms with E-state index in [9.17, 15) is 4.79 Å². The lowest BCUT2D eigenvalue weighted by Crippen LogP contribution is -2.17. The van der Waals surface area contributed by atoms with Crippen LogP contribution in [-0.4, -0.2) is 23.9 Å². The number of hydrazone groups is 1. The molecule has 0 aliphatic carbocycles. The van der Waals surface area contributed by atoms with Gasteiger partial charge in [-0.25, -0.2) is 5.43 Å². The number of hydrogen-bond donors (Lipinski definition) is 1. The van der Waals surface area contributed by atoms with Crippen molar-refractivity contribution in [3.63, 3.8) is 0 Å². The van der Waals surface area contributed by atoms with Crippen LogP contribution < -0.4 is 14.9 Å². The first-order valence-corrected chi connectivity index (χ1v) is 7.75. The van der Waals surface area contributed by atoms with Gasteiger partial charge in [-0.05, 0) is 50.1 Å². The zero-order chi connectivity index (χ0) is 15.5. The molecule has 0 saturated carbocycles. The molecule has 3 rings (SSSR count). The van der Waals surface area contributed by atoms with Crippen LogP contribution in [-0.2, 0) is 0 Å². The molecule has 0 bridgehead atoms. The predicted molar refractivity (Wildman–Crippen MR) is 87.3 cm³/mol. The van der Waals surface area contributed by atoms with Crippen molar-refractivity contribution in [2.24, 2.45) is 5.10 Å². The second-order valence-electron chi connectivity index (χ2n) is 4.32. The number of nitrogens with zero attached hydrogens (tertiary/aromatic N) is 2. The van der Waals surface area contributed by atoms with Gasteiger partial charge in [0.25, 0.3) is 5.91 Å². The number of rotatable bonds is 3. The quantitative estimate of drug-likeness (QED) is 0.604. The van der Waals surface area contributed by atoms with Crippen molar-refractivity contribution in [1.82, 2.24) is 10.4 Å². The maximum absolute atomic E-state index is 11.9. The first kappa shape index (κ1) is 15.0. The van der Waals surface area contributed by atoms with Crippen LogP contribution in [0.25, 0.3) is 0 Å².